The minimum Gasteiger partial charge on any atom is -0.459 e. The summed E-state index contributed by atoms with van der Waals surface area (Å²) in [5.41, 5.74) is 0. The van der Waals surface area contributed by atoms with Gasteiger partial charge in [-0.1, -0.05) is 13.3 Å². The fourth-order valence-electron chi connectivity index (χ4n) is 1.88. The molecule has 0 atom stereocenters. The zero-order chi connectivity index (χ0) is 19.6. The first kappa shape index (κ1) is 20.2. The topological polar surface area (TPSA) is 127 Å². The van der Waals surface area contributed by atoms with Crippen molar-refractivity contribution in [1.29, 1.82) is 0 Å². The maximum atomic E-state index is 11.9. The van der Waals surface area contributed by atoms with E-state index in [0.717, 1.165) is 24.2 Å². The van der Waals surface area contributed by atoms with E-state index < -0.39 is 30.4 Å². The van der Waals surface area contributed by atoms with Crippen LogP contribution in [0.4, 0.5) is 9.80 Å². The van der Waals surface area contributed by atoms with E-state index in [1.165, 1.54) is 24.5 Å². The van der Waals surface area contributed by atoms with Gasteiger partial charge in [0.05, 0.1) is 11.3 Å². The minimum absolute atomic E-state index is 0.140. The lowest BCUT2D eigenvalue weighted by Crippen LogP contribution is -2.41. The number of thiophene rings is 1. The van der Waals surface area contributed by atoms with Crippen LogP contribution in [0.5, 0.6) is 0 Å². The Morgan fingerprint density at radius 1 is 1.19 bits per heavy atom. The molecule has 0 spiro atoms. The summed E-state index contributed by atoms with van der Waals surface area (Å²) < 4.78 is 9.83. The fraction of sp³-hybridized carbons (Fsp3) is 0.294. The van der Waals surface area contributed by atoms with Gasteiger partial charge in [-0.05, 0) is 30.7 Å². The average molecular weight is 393 g/mol. The lowest BCUT2D eigenvalue weighted by atomic mass is 10.3. The summed E-state index contributed by atoms with van der Waals surface area (Å²) in [4.78, 5) is 47.0. The van der Waals surface area contributed by atoms with Crippen molar-refractivity contribution < 1.29 is 28.3 Å². The van der Waals surface area contributed by atoms with E-state index in [0.29, 0.717) is 11.5 Å². The van der Waals surface area contributed by atoms with Gasteiger partial charge >= 0.3 is 12.0 Å². The first-order chi connectivity index (χ1) is 13.0. The van der Waals surface area contributed by atoms with E-state index in [-0.39, 0.29) is 10.6 Å². The van der Waals surface area contributed by atoms with Gasteiger partial charge < -0.3 is 19.8 Å². The summed E-state index contributed by atoms with van der Waals surface area (Å²) in [5.74, 6) is -1.78. The highest BCUT2D eigenvalue weighted by molar-refractivity contribution is 7.18. The van der Waals surface area contributed by atoms with Crippen LogP contribution < -0.4 is 16.0 Å². The summed E-state index contributed by atoms with van der Waals surface area (Å²) in [6, 6.07) is 5.45. The van der Waals surface area contributed by atoms with Gasteiger partial charge in [0.1, 0.15) is 4.88 Å². The van der Waals surface area contributed by atoms with Gasteiger partial charge in [0, 0.05) is 6.54 Å². The molecular weight excluding hydrogens is 374 g/mol. The first-order valence-corrected chi connectivity index (χ1v) is 9.00. The second kappa shape index (κ2) is 10.1. The summed E-state index contributed by atoms with van der Waals surface area (Å²) in [7, 11) is 0. The lowest BCUT2D eigenvalue weighted by Gasteiger charge is -2.06. The molecule has 0 radical (unpaired) electrons. The Morgan fingerprint density at radius 2 is 2.00 bits per heavy atom. The maximum Gasteiger partial charge on any atom is 0.348 e. The Kier molecular flexibility index (Phi) is 7.56. The van der Waals surface area contributed by atoms with Crippen molar-refractivity contribution in [2.75, 3.05) is 18.5 Å². The number of hydrogen-bond acceptors (Lipinski definition) is 7. The Labute approximate surface area is 159 Å². The highest BCUT2D eigenvalue weighted by atomic mass is 32.1. The van der Waals surface area contributed by atoms with Crippen LogP contribution in [0.25, 0.3) is 0 Å². The van der Waals surface area contributed by atoms with Crippen molar-refractivity contribution in [2.24, 2.45) is 0 Å². The predicted molar refractivity (Wildman–Crippen MR) is 97.7 cm³/mol. The number of urea groups is 1. The van der Waals surface area contributed by atoms with Gasteiger partial charge in [-0.2, -0.15) is 0 Å². The minimum atomic E-state index is -0.736. The van der Waals surface area contributed by atoms with Crippen LogP contribution in [0, 0.1) is 0 Å². The summed E-state index contributed by atoms with van der Waals surface area (Å²) in [6.07, 6.45) is 3.09. The summed E-state index contributed by atoms with van der Waals surface area (Å²) >= 11 is 0.987. The van der Waals surface area contributed by atoms with Crippen LogP contribution >= 0.6 is 11.3 Å². The second-order valence-electron chi connectivity index (χ2n) is 5.33. The molecule has 0 unspecified atom stereocenters. The van der Waals surface area contributed by atoms with Crippen LogP contribution in [0.15, 0.2) is 34.9 Å². The van der Waals surface area contributed by atoms with Crippen molar-refractivity contribution in [2.45, 2.75) is 19.8 Å². The zero-order valence-corrected chi connectivity index (χ0v) is 15.4. The van der Waals surface area contributed by atoms with Gasteiger partial charge in [0.25, 0.3) is 11.8 Å². The molecule has 0 saturated carbocycles. The molecule has 144 valence electrons. The third-order valence-corrected chi connectivity index (χ3v) is 4.17. The Balaban J connectivity index is 1.76. The van der Waals surface area contributed by atoms with Crippen LogP contribution in [0.1, 0.15) is 40.0 Å². The molecule has 9 nitrogen and oxygen atoms in total. The Bertz CT molecular complexity index is 799. The number of carbonyl (C=O) groups excluding carboxylic acids is 4. The van der Waals surface area contributed by atoms with Gasteiger partial charge in [-0.3, -0.25) is 14.9 Å². The van der Waals surface area contributed by atoms with Gasteiger partial charge in [0.15, 0.2) is 12.4 Å². The highest BCUT2D eigenvalue weighted by Gasteiger charge is 2.16. The van der Waals surface area contributed by atoms with E-state index >= 15 is 0 Å². The number of imide groups is 1. The predicted octanol–water partition coefficient (Wildman–Crippen LogP) is 2.38. The zero-order valence-electron chi connectivity index (χ0n) is 14.6. The number of carbonyl (C=O) groups is 4. The molecule has 3 N–H and O–H groups in total. The molecule has 0 fully saturated rings. The quantitative estimate of drug-likeness (QED) is 0.467. The van der Waals surface area contributed by atoms with Crippen molar-refractivity contribution in [1.82, 2.24) is 10.6 Å². The van der Waals surface area contributed by atoms with E-state index in [1.54, 1.807) is 6.07 Å². The normalized spacial score (nSPS) is 10.1. The molecule has 2 rings (SSSR count). The number of unbranched alkanes of at least 4 members (excludes halogenated alkanes) is 1. The van der Waals surface area contributed by atoms with Crippen LogP contribution in [-0.4, -0.2) is 37.0 Å². The lowest BCUT2D eigenvalue weighted by molar-refractivity contribution is -0.123. The molecule has 0 aromatic carbocycles. The van der Waals surface area contributed by atoms with Crippen LogP contribution in [0.3, 0.4) is 0 Å². The molecule has 0 saturated heterocycles. The standard InChI is InChI=1S/C17H19N3O6S/c1-2-3-8-18-17(24)19-13(21)10-26-16(23)12-6-7-14(27-12)20-15(22)11-5-4-9-25-11/h4-7,9H,2-3,8,10H2,1H3,(H,20,22)(H2,18,19,21,24). The van der Waals surface area contributed by atoms with E-state index in [4.69, 9.17) is 9.15 Å². The third kappa shape index (κ3) is 6.59. The SMILES string of the molecule is CCCCNC(=O)NC(=O)COC(=O)c1ccc(NC(=O)c2ccco2)s1. The Hall–Kier alpha value is -3.14. The van der Waals surface area contributed by atoms with Crippen molar-refractivity contribution in [3.8, 4) is 0 Å². The summed E-state index contributed by atoms with van der Waals surface area (Å²) in [6.45, 7) is 1.84. The fourth-order valence-corrected chi connectivity index (χ4v) is 2.68. The molecule has 10 heteroatoms. The number of nitrogens with one attached hydrogen (secondary N) is 3. The Morgan fingerprint density at radius 3 is 2.70 bits per heavy atom. The maximum absolute atomic E-state index is 11.9. The number of amides is 4. The molecule has 27 heavy (non-hydrogen) atoms. The average Bonchev–Trinajstić information content (AvgIpc) is 3.31. The number of anilines is 1. The number of esters is 1. The van der Waals surface area contributed by atoms with Crippen molar-refractivity contribution >= 4 is 40.2 Å². The molecule has 0 aliphatic carbocycles. The third-order valence-electron chi connectivity index (χ3n) is 3.19. The van der Waals surface area contributed by atoms with Crippen LogP contribution in [0.2, 0.25) is 0 Å². The second-order valence-corrected chi connectivity index (χ2v) is 6.41. The largest absolute Gasteiger partial charge is 0.459 e. The van der Waals surface area contributed by atoms with E-state index in [2.05, 4.69) is 16.0 Å². The number of ether oxygens (including phenoxy) is 1. The number of furan rings is 1. The van der Waals surface area contributed by atoms with Crippen LogP contribution in [-0.2, 0) is 9.53 Å². The van der Waals surface area contributed by atoms with Gasteiger partial charge in [-0.25, -0.2) is 9.59 Å². The van der Waals surface area contributed by atoms with E-state index in [9.17, 15) is 19.2 Å². The smallest absolute Gasteiger partial charge is 0.348 e. The molecule has 4 amide bonds. The monoisotopic (exact) mass is 393 g/mol. The molecule has 2 heterocycles. The molecule has 2 aromatic rings. The van der Waals surface area contributed by atoms with E-state index in [1.807, 2.05) is 6.92 Å². The first-order valence-electron chi connectivity index (χ1n) is 8.19. The molecular formula is C17H19N3O6S. The number of rotatable bonds is 8. The van der Waals surface area contributed by atoms with Gasteiger partial charge in [0.2, 0.25) is 0 Å². The van der Waals surface area contributed by atoms with Gasteiger partial charge in [-0.15, -0.1) is 11.3 Å². The highest BCUT2D eigenvalue weighted by Crippen LogP contribution is 2.23. The summed E-state index contributed by atoms with van der Waals surface area (Å²) in [5, 5.41) is 7.57. The molecule has 2 aromatic heterocycles. The molecule has 0 aliphatic rings. The number of hydrogen-bond donors (Lipinski definition) is 3. The van der Waals surface area contributed by atoms with Crippen molar-refractivity contribution in [3.05, 3.63) is 41.2 Å². The molecule has 0 aliphatic heterocycles. The van der Waals surface area contributed by atoms with Crippen molar-refractivity contribution in [3.63, 3.8) is 0 Å². The molecule has 0 bridgehead atoms.